The van der Waals surface area contributed by atoms with Crippen molar-refractivity contribution in [1.82, 2.24) is 9.80 Å². The highest BCUT2D eigenvalue weighted by Gasteiger charge is 2.12. The van der Waals surface area contributed by atoms with Crippen molar-refractivity contribution >= 4 is 11.8 Å². The first-order valence-corrected chi connectivity index (χ1v) is 9.75. The van der Waals surface area contributed by atoms with Gasteiger partial charge in [0.25, 0.3) is 0 Å². The van der Waals surface area contributed by atoms with Crippen LogP contribution in [0.5, 0.6) is 0 Å². The standard InChI is InChI=1S/C18H30N2S/c1-21-16-8-15-20(17-18-9-3-2-4-10-18)14-7-13-19-11-5-6-12-19/h2-4,9-10H,5-8,11-17H2,1H3. The molecular formula is C18H30N2S. The van der Waals surface area contributed by atoms with Crippen LogP contribution in [0.2, 0.25) is 0 Å². The van der Waals surface area contributed by atoms with Crippen LogP contribution in [0.4, 0.5) is 0 Å². The molecule has 118 valence electrons. The van der Waals surface area contributed by atoms with Gasteiger partial charge in [0.1, 0.15) is 0 Å². The Kier molecular flexibility index (Phi) is 8.23. The van der Waals surface area contributed by atoms with E-state index in [1.807, 2.05) is 11.8 Å². The molecule has 1 heterocycles. The third-order valence-corrected chi connectivity index (χ3v) is 4.92. The van der Waals surface area contributed by atoms with Crippen molar-refractivity contribution in [3.63, 3.8) is 0 Å². The van der Waals surface area contributed by atoms with Gasteiger partial charge in [-0.1, -0.05) is 30.3 Å². The lowest BCUT2D eigenvalue weighted by atomic mass is 10.2. The maximum Gasteiger partial charge on any atom is 0.0233 e. The summed E-state index contributed by atoms with van der Waals surface area (Å²) in [4.78, 5) is 5.27. The van der Waals surface area contributed by atoms with Crippen LogP contribution in [0.3, 0.4) is 0 Å². The lowest BCUT2D eigenvalue weighted by Gasteiger charge is -2.24. The van der Waals surface area contributed by atoms with E-state index in [9.17, 15) is 0 Å². The van der Waals surface area contributed by atoms with Crippen molar-refractivity contribution in [2.75, 3.05) is 44.7 Å². The lowest BCUT2D eigenvalue weighted by molar-refractivity contribution is 0.239. The quantitative estimate of drug-likeness (QED) is 0.608. The smallest absolute Gasteiger partial charge is 0.0233 e. The Balaban J connectivity index is 1.73. The second-order valence-corrected chi connectivity index (χ2v) is 7.00. The normalized spacial score (nSPS) is 15.9. The van der Waals surface area contributed by atoms with Crippen LogP contribution < -0.4 is 0 Å². The van der Waals surface area contributed by atoms with Crippen LogP contribution >= 0.6 is 11.8 Å². The summed E-state index contributed by atoms with van der Waals surface area (Å²) in [5.41, 5.74) is 1.45. The zero-order valence-electron chi connectivity index (χ0n) is 13.5. The van der Waals surface area contributed by atoms with Crippen molar-refractivity contribution in [3.8, 4) is 0 Å². The maximum absolute atomic E-state index is 2.64. The van der Waals surface area contributed by atoms with E-state index in [1.54, 1.807) is 0 Å². The van der Waals surface area contributed by atoms with Gasteiger partial charge < -0.3 is 4.90 Å². The first kappa shape index (κ1) is 16.9. The van der Waals surface area contributed by atoms with Crippen LogP contribution in [-0.4, -0.2) is 54.5 Å². The minimum Gasteiger partial charge on any atom is -0.303 e. The summed E-state index contributed by atoms with van der Waals surface area (Å²) in [6.07, 6.45) is 7.63. The SMILES string of the molecule is CSCCCN(CCCN1CCCC1)Cc1ccccc1. The van der Waals surface area contributed by atoms with Gasteiger partial charge in [-0.05, 0) is 76.0 Å². The Morgan fingerprint density at radius 3 is 2.48 bits per heavy atom. The van der Waals surface area contributed by atoms with Gasteiger partial charge in [0.05, 0.1) is 0 Å². The molecule has 1 saturated heterocycles. The molecule has 0 spiro atoms. The maximum atomic E-state index is 2.64. The van der Waals surface area contributed by atoms with Gasteiger partial charge in [-0.2, -0.15) is 11.8 Å². The summed E-state index contributed by atoms with van der Waals surface area (Å²) in [5.74, 6) is 1.28. The molecule has 2 rings (SSSR count). The molecule has 1 aliphatic rings. The number of hydrogen-bond donors (Lipinski definition) is 0. The van der Waals surface area contributed by atoms with E-state index < -0.39 is 0 Å². The van der Waals surface area contributed by atoms with Crippen LogP contribution in [0.15, 0.2) is 30.3 Å². The van der Waals surface area contributed by atoms with E-state index >= 15 is 0 Å². The van der Waals surface area contributed by atoms with Crippen LogP contribution in [-0.2, 0) is 6.54 Å². The van der Waals surface area contributed by atoms with E-state index in [-0.39, 0.29) is 0 Å². The zero-order valence-corrected chi connectivity index (χ0v) is 14.3. The highest BCUT2D eigenvalue weighted by molar-refractivity contribution is 7.98. The van der Waals surface area contributed by atoms with Gasteiger partial charge in [0.2, 0.25) is 0 Å². The third-order valence-electron chi connectivity index (χ3n) is 4.22. The van der Waals surface area contributed by atoms with Gasteiger partial charge in [0, 0.05) is 6.54 Å². The highest BCUT2D eigenvalue weighted by atomic mass is 32.2. The molecule has 2 nitrogen and oxygen atoms in total. The molecule has 0 atom stereocenters. The molecule has 0 unspecified atom stereocenters. The summed E-state index contributed by atoms with van der Waals surface area (Å²) in [6.45, 7) is 7.51. The van der Waals surface area contributed by atoms with Crippen LogP contribution in [0.1, 0.15) is 31.2 Å². The molecule has 21 heavy (non-hydrogen) atoms. The zero-order chi connectivity index (χ0) is 14.8. The summed E-state index contributed by atoms with van der Waals surface area (Å²) in [7, 11) is 0. The average Bonchev–Trinajstić information content (AvgIpc) is 3.02. The Labute approximate surface area is 134 Å². The van der Waals surface area contributed by atoms with E-state index in [1.165, 1.54) is 69.7 Å². The average molecular weight is 307 g/mol. The molecule has 1 aromatic carbocycles. The Morgan fingerprint density at radius 2 is 1.76 bits per heavy atom. The fourth-order valence-electron chi connectivity index (χ4n) is 3.07. The van der Waals surface area contributed by atoms with Gasteiger partial charge in [-0.3, -0.25) is 4.90 Å². The highest BCUT2D eigenvalue weighted by Crippen LogP contribution is 2.10. The number of rotatable bonds is 10. The summed E-state index contributed by atoms with van der Waals surface area (Å²) in [5, 5.41) is 0. The Bertz CT molecular complexity index is 363. The Morgan fingerprint density at radius 1 is 1.05 bits per heavy atom. The summed E-state index contributed by atoms with van der Waals surface area (Å²) in [6, 6.07) is 10.9. The summed E-state index contributed by atoms with van der Waals surface area (Å²) >= 11 is 1.96. The number of hydrogen-bond acceptors (Lipinski definition) is 3. The summed E-state index contributed by atoms with van der Waals surface area (Å²) < 4.78 is 0. The topological polar surface area (TPSA) is 6.48 Å². The third kappa shape index (κ3) is 6.86. The van der Waals surface area contributed by atoms with Crippen molar-refractivity contribution in [2.45, 2.75) is 32.2 Å². The minimum atomic E-state index is 1.11. The van der Waals surface area contributed by atoms with Crippen molar-refractivity contribution in [3.05, 3.63) is 35.9 Å². The molecule has 1 aromatic rings. The van der Waals surface area contributed by atoms with E-state index in [0.717, 1.165) is 6.54 Å². The molecule has 0 aliphatic carbocycles. The fraction of sp³-hybridized carbons (Fsp3) is 0.667. The van der Waals surface area contributed by atoms with Crippen molar-refractivity contribution < 1.29 is 0 Å². The predicted molar refractivity (Wildman–Crippen MR) is 95.0 cm³/mol. The van der Waals surface area contributed by atoms with Crippen molar-refractivity contribution in [1.29, 1.82) is 0 Å². The second kappa shape index (κ2) is 10.3. The van der Waals surface area contributed by atoms with Crippen molar-refractivity contribution in [2.24, 2.45) is 0 Å². The molecule has 0 N–H and O–H groups in total. The van der Waals surface area contributed by atoms with E-state index in [0.29, 0.717) is 0 Å². The number of likely N-dealkylation sites (tertiary alicyclic amines) is 1. The molecular weight excluding hydrogens is 276 g/mol. The second-order valence-electron chi connectivity index (χ2n) is 6.01. The number of benzene rings is 1. The number of thioether (sulfide) groups is 1. The minimum absolute atomic E-state index is 1.11. The fourth-order valence-corrected chi connectivity index (χ4v) is 3.49. The largest absolute Gasteiger partial charge is 0.303 e. The van der Waals surface area contributed by atoms with Crippen LogP contribution in [0, 0.1) is 0 Å². The Hall–Kier alpha value is -0.510. The van der Waals surface area contributed by atoms with Gasteiger partial charge in [-0.25, -0.2) is 0 Å². The molecule has 0 saturated carbocycles. The predicted octanol–water partition coefficient (Wildman–Crippen LogP) is 3.73. The lowest BCUT2D eigenvalue weighted by Crippen LogP contribution is -2.29. The monoisotopic (exact) mass is 306 g/mol. The molecule has 0 amide bonds. The van der Waals surface area contributed by atoms with E-state index in [4.69, 9.17) is 0 Å². The van der Waals surface area contributed by atoms with Gasteiger partial charge >= 0.3 is 0 Å². The van der Waals surface area contributed by atoms with Gasteiger partial charge in [-0.15, -0.1) is 0 Å². The first-order chi connectivity index (χ1) is 10.4. The molecule has 0 radical (unpaired) electrons. The molecule has 3 heteroatoms. The number of nitrogens with zero attached hydrogens (tertiary/aromatic N) is 2. The van der Waals surface area contributed by atoms with Gasteiger partial charge in [0.15, 0.2) is 0 Å². The van der Waals surface area contributed by atoms with E-state index in [2.05, 4.69) is 46.4 Å². The molecule has 1 aliphatic heterocycles. The molecule has 0 bridgehead atoms. The molecule has 1 fully saturated rings. The molecule has 0 aromatic heterocycles. The first-order valence-electron chi connectivity index (χ1n) is 8.36. The van der Waals surface area contributed by atoms with Crippen LogP contribution in [0.25, 0.3) is 0 Å².